The quantitative estimate of drug-likeness (QED) is 0.751. The molecule has 21 heavy (non-hydrogen) atoms. The van der Waals surface area contributed by atoms with Gasteiger partial charge in [0.15, 0.2) is 0 Å². The Morgan fingerprint density at radius 2 is 1.95 bits per heavy atom. The Labute approximate surface area is 123 Å². The van der Waals surface area contributed by atoms with Gasteiger partial charge in [-0.05, 0) is 36.8 Å². The van der Waals surface area contributed by atoms with E-state index in [2.05, 4.69) is 4.72 Å². The van der Waals surface area contributed by atoms with Gasteiger partial charge in [0, 0.05) is 11.8 Å². The van der Waals surface area contributed by atoms with Crippen molar-refractivity contribution >= 4 is 21.4 Å². The first-order valence-electron chi connectivity index (χ1n) is 6.09. The summed E-state index contributed by atoms with van der Waals surface area (Å²) in [6, 6.07) is 8.73. The molecule has 7 heteroatoms. The highest BCUT2D eigenvalue weighted by Gasteiger charge is 2.21. The molecule has 0 saturated heterocycles. The summed E-state index contributed by atoms with van der Waals surface area (Å²) in [4.78, 5) is -0.0588. The van der Waals surface area contributed by atoms with Crippen LogP contribution in [0.4, 0.5) is 11.4 Å². The van der Waals surface area contributed by atoms with Crippen molar-refractivity contribution in [3.63, 3.8) is 0 Å². The van der Waals surface area contributed by atoms with E-state index >= 15 is 0 Å². The van der Waals surface area contributed by atoms with E-state index in [1.54, 1.807) is 13.0 Å². The number of ether oxygens (including phenoxy) is 1. The highest BCUT2D eigenvalue weighted by atomic mass is 32.2. The standard InChI is InChI=1S/C14H16N2O4S/c1-9-6-13(20-2)14(8-12(9)15)21(18,19)16-10-4-3-5-11(17)7-10/h3-8,16-17H,15H2,1-2H3. The minimum absolute atomic E-state index is 0.0365. The number of aromatic hydroxyl groups is 1. The lowest BCUT2D eigenvalue weighted by atomic mass is 10.2. The van der Waals surface area contributed by atoms with Crippen molar-refractivity contribution in [1.82, 2.24) is 0 Å². The van der Waals surface area contributed by atoms with Gasteiger partial charge in [-0.2, -0.15) is 0 Å². The maximum absolute atomic E-state index is 12.4. The van der Waals surface area contributed by atoms with Crippen LogP contribution >= 0.6 is 0 Å². The summed E-state index contributed by atoms with van der Waals surface area (Å²) in [6.07, 6.45) is 0. The normalized spacial score (nSPS) is 11.1. The molecule has 0 aromatic heterocycles. The van der Waals surface area contributed by atoms with Gasteiger partial charge >= 0.3 is 0 Å². The number of hydrogen-bond donors (Lipinski definition) is 3. The Balaban J connectivity index is 2.47. The van der Waals surface area contributed by atoms with Gasteiger partial charge in [0.25, 0.3) is 10.0 Å². The summed E-state index contributed by atoms with van der Waals surface area (Å²) in [5.74, 6) is 0.167. The predicted octanol–water partition coefficient (Wildman–Crippen LogP) is 2.09. The highest BCUT2D eigenvalue weighted by Crippen LogP contribution is 2.30. The molecule has 0 aliphatic rings. The van der Waals surface area contributed by atoms with E-state index in [4.69, 9.17) is 10.5 Å². The van der Waals surface area contributed by atoms with Crippen molar-refractivity contribution in [1.29, 1.82) is 0 Å². The summed E-state index contributed by atoms with van der Waals surface area (Å²) in [5, 5.41) is 9.38. The van der Waals surface area contributed by atoms with Crippen molar-refractivity contribution in [2.45, 2.75) is 11.8 Å². The number of nitrogens with one attached hydrogen (secondary N) is 1. The van der Waals surface area contributed by atoms with Crippen LogP contribution < -0.4 is 15.2 Å². The van der Waals surface area contributed by atoms with Crippen LogP contribution in [-0.4, -0.2) is 20.6 Å². The molecule has 0 unspecified atom stereocenters. The van der Waals surface area contributed by atoms with E-state index in [9.17, 15) is 13.5 Å². The molecule has 0 spiro atoms. The molecular formula is C14H16N2O4S. The van der Waals surface area contributed by atoms with Crippen LogP contribution in [0.25, 0.3) is 0 Å². The van der Waals surface area contributed by atoms with Crippen molar-refractivity contribution in [3.05, 3.63) is 42.0 Å². The third-order valence-corrected chi connectivity index (χ3v) is 4.34. The Morgan fingerprint density at radius 3 is 2.57 bits per heavy atom. The molecule has 2 aromatic carbocycles. The molecule has 0 radical (unpaired) electrons. The molecule has 112 valence electrons. The van der Waals surface area contributed by atoms with Crippen LogP contribution in [0.15, 0.2) is 41.3 Å². The van der Waals surface area contributed by atoms with Gasteiger partial charge in [0.1, 0.15) is 16.4 Å². The molecule has 4 N–H and O–H groups in total. The SMILES string of the molecule is COc1cc(C)c(N)cc1S(=O)(=O)Nc1cccc(O)c1. The van der Waals surface area contributed by atoms with Crippen LogP contribution in [0.2, 0.25) is 0 Å². The number of anilines is 2. The van der Waals surface area contributed by atoms with Crippen molar-refractivity contribution in [2.24, 2.45) is 0 Å². The molecule has 6 nitrogen and oxygen atoms in total. The smallest absolute Gasteiger partial charge is 0.265 e. The lowest BCUT2D eigenvalue weighted by Crippen LogP contribution is -2.14. The van der Waals surface area contributed by atoms with E-state index in [0.29, 0.717) is 5.69 Å². The van der Waals surface area contributed by atoms with Crippen molar-refractivity contribution in [2.75, 3.05) is 17.6 Å². The molecule has 0 amide bonds. The summed E-state index contributed by atoms with van der Waals surface area (Å²) in [6.45, 7) is 1.76. The molecule has 0 fully saturated rings. The Morgan fingerprint density at radius 1 is 1.24 bits per heavy atom. The zero-order chi connectivity index (χ0) is 15.6. The van der Waals surface area contributed by atoms with E-state index < -0.39 is 10.0 Å². The summed E-state index contributed by atoms with van der Waals surface area (Å²) in [5.41, 5.74) is 7.10. The maximum Gasteiger partial charge on any atom is 0.265 e. The van der Waals surface area contributed by atoms with Gasteiger partial charge in [0.2, 0.25) is 0 Å². The van der Waals surface area contributed by atoms with Gasteiger partial charge in [-0.25, -0.2) is 8.42 Å². The zero-order valence-electron chi connectivity index (χ0n) is 11.6. The fourth-order valence-corrected chi connectivity index (χ4v) is 3.06. The summed E-state index contributed by atoms with van der Waals surface area (Å²) < 4.78 is 32.3. The van der Waals surface area contributed by atoms with Gasteiger partial charge in [-0.15, -0.1) is 0 Å². The molecule has 0 atom stereocenters. The van der Waals surface area contributed by atoms with Crippen LogP contribution in [0.1, 0.15) is 5.56 Å². The number of sulfonamides is 1. The lowest BCUT2D eigenvalue weighted by Gasteiger charge is -2.13. The second-order valence-electron chi connectivity index (χ2n) is 4.52. The molecule has 0 saturated carbocycles. The maximum atomic E-state index is 12.4. The minimum Gasteiger partial charge on any atom is -0.508 e. The number of nitrogens with two attached hydrogens (primary N) is 1. The molecular weight excluding hydrogens is 292 g/mol. The van der Waals surface area contributed by atoms with Gasteiger partial charge in [-0.1, -0.05) is 6.07 Å². The number of methoxy groups -OCH3 is 1. The summed E-state index contributed by atoms with van der Waals surface area (Å²) >= 11 is 0. The third-order valence-electron chi connectivity index (χ3n) is 2.94. The fourth-order valence-electron chi connectivity index (χ4n) is 1.83. The highest BCUT2D eigenvalue weighted by molar-refractivity contribution is 7.92. The second kappa shape index (κ2) is 5.53. The first-order chi connectivity index (χ1) is 9.83. The number of phenols is 1. The van der Waals surface area contributed by atoms with Crippen LogP contribution in [0, 0.1) is 6.92 Å². The molecule has 0 aliphatic heterocycles. The number of nitrogen functional groups attached to an aromatic ring is 1. The summed E-state index contributed by atoms with van der Waals surface area (Å²) in [7, 11) is -2.49. The van der Waals surface area contributed by atoms with Crippen LogP contribution in [-0.2, 0) is 10.0 Å². The lowest BCUT2D eigenvalue weighted by molar-refractivity contribution is 0.402. The first-order valence-corrected chi connectivity index (χ1v) is 7.58. The van der Waals surface area contributed by atoms with E-state index in [1.807, 2.05) is 0 Å². The number of aryl methyl sites for hydroxylation is 1. The van der Waals surface area contributed by atoms with E-state index in [-0.39, 0.29) is 22.1 Å². The fraction of sp³-hybridized carbons (Fsp3) is 0.143. The Bertz CT molecular complexity index is 773. The predicted molar refractivity (Wildman–Crippen MR) is 81.1 cm³/mol. The third kappa shape index (κ3) is 3.19. The van der Waals surface area contributed by atoms with Crippen molar-refractivity contribution < 1.29 is 18.3 Å². The molecule has 0 aliphatic carbocycles. The van der Waals surface area contributed by atoms with E-state index in [0.717, 1.165) is 5.56 Å². The molecule has 2 rings (SSSR count). The Kier molecular flexibility index (Phi) is 3.95. The monoisotopic (exact) mass is 308 g/mol. The first kappa shape index (κ1) is 15.0. The number of benzene rings is 2. The topological polar surface area (TPSA) is 102 Å². The number of hydrogen-bond acceptors (Lipinski definition) is 5. The molecule has 0 bridgehead atoms. The van der Waals surface area contributed by atoms with E-state index in [1.165, 1.54) is 37.4 Å². The molecule has 2 aromatic rings. The van der Waals surface area contributed by atoms with Gasteiger partial charge < -0.3 is 15.6 Å². The second-order valence-corrected chi connectivity index (χ2v) is 6.17. The van der Waals surface area contributed by atoms with Crippen LogP contribution in [0.3, 0.4) is 0 Å². The zero-order valence-corrected chi connectivity index (χ0v) is 12.4. The average Bonchev–Trinajstić information content (AvgIpc) is 2.40. The Hall–Kier alpha value is -2.41. The van der Waals surface area contributed by atoms with Gasteiger partial charge in [-0.3, -0.25) is 4.72 Å². The van der Waals surface area contributed by atoms with Crippen molar-refractivity contribution in [3.8, 4) is 11.5 Å². The minimum atomic E-state index is -3.88. The average molecular weight is 308 g/mol. The van der Waals surface area contributed by atoms with Gasteiger partial charge in [0.05, 0.1) is 12.8 Å². The molecule has 0 heterocycles. The number of rotatable bonds is 4. The van der Waals surface area contributed by atoms with Crippen LogP contribution in [0.5, 0.6) is 11.5 Å². The number of phenolic OH excluding ortho intramolecular Hbond substituents is 1. The largest absolute Gasteiger partial charge is 0.508 e.